The fourth-order valence-electron chi connectivity index (χ4n) is 2.78. The maximum Gasteiger partial charge on any atom is 0.276 e. The van der Waals surface area contributed by atoms with Crippen molar-refractivity contribution in [3.8, 4) is 0 Å². The first-order valence-electron chi connectivity index (χ1n) is 5.87. The average Bonchev–Trinajstić information content (AvgIpc) is 3.02. The number of furan rings is 1. The van der Waals surface area contributed by atoms with Crippen molar-refractivity contribution in [3.63, 3.8) is 0 Å². The molecular weight excluding hydrogens is 240 g/mol. The molecule has 1 unspecified atom stereocenters. The Labute approximate surface area is 101 Å². The molecule has 0 saturated carbocycles. The van der Waals surface area contributed by atoms with Gasteiger partial charge in [0.05, 0.1) is 6.26 Å². The van der Waals surface area contributed by atoms with Crippen LogP contribution in [0.2, 0.25) is 0 Å². The first-order chi connectivity index (χ1) is 8.12. The van der Waals surface area contributed by atoms with E-state index in [-0.39, 0.29) is 10.5 Å². The van der Waals surface area contributed by atoms with Crippen molar-refractivity contribution in [3.05, 3.63) is 18.4 Å². The van der Waals surface area contributed by atoms with Gasteiger partial charge in [-0.25, -0.2) is 8.42 Å². The van der Waals surface area contributed by atoms with Crippen LogP contribution in [0.25, 0.3) is 0 Å². The average molecular weight is 256 g/mol. The number of sulfonamides is 1. The predicted octanol–water partition coefficient (Wildman–Crippen LogP) is 0.654. The van der Waals surface area contributed by atoms with Crippen molar-refractivity contribution in [2.45, 2.75) is 17.9 Å². The molecule has 0 aromatic carbocycles. The quantitative estimate of drug-likeness (QED) is 0.844. The summed E-state index contributed by atoms with van der Waals surface area (Å²) in [5, 5.41) is 3.37. The molecule has 0 aliphatic carbocycles. The normalized spacial score (nSPS) is 30.4. The summed E-state index contributed by atoms with van der Waals surface area (Å²) in [6.07, 6.45) is 3.41. The van der Waals surface area contributed by atoms with Gasteiger partial charge in [0.2, 0.25) is 5.09 Å². The highest BCUT2D eigenvalue weighted by Crippen LogP contribution is 2.38. The Bertz CT molecular complexity index is 489. The number of hydrogen-bond donors (Lipinski definition) is 1. The molecule has 2 fully saturated rings. The van der Waals surface area contributed by atoms with Gasteiger partial charge in [-0.1, -0.05) is 0 Å². The summed E-state index contributed by atoms with van der Waals surface area (Å²) in [4.78, 5) is 0. The molecule has 1 N–H and O–H groups in total. The zero-order valence-corrected chi connectivity index (χ0v) is 10.4. The summed E-state index contributed by atoms with van der Waals surface area (Å²) in [6, 6.07) is 3.11. The minimum Gasteiger partial charge on any atom is -0.452 e. The van der Waals surface area contributed by atoms with Gasteiger partial charge in [-0.15, -0.1) is 0 Å². The first-order valence-corrected chi connectivity index (χ1v) is 7.31. The van der Waals surface area contributed by atoms with Crippen LogP contribution in [0.5, 0.6) is 0 Å². The summed E-state index contributed by atoms with van der Waals surface area (Å²) in [6.45, 7) is 3.14. The molecule has 3 rings (SSSR count). The van der Waals surface area contributed by atoms with E-state index in [1.807, 2.05) is 0 Å². The summed E-state index contributed by atoms with van der Waals surface area (Å²) in [5.41, 5.74) is 0.152. The molecule has 6 heteroatoms. The van der Waals surface area contributed by atoms with Crippen LogP contribution in [0.3, 0.4) is 0 Å². The third-order valence-electron chi connectivity index (χ3n) is 3.82. The Morgan fingerprint density at radius 3 is 2.94 bits per heavy atom. The van der Waals surface area contributed by atoms with Crippen molar-refractivity contribution in [2.24, 2.45) is 5.41 Å². The molecule has 0 amide bonds. The molecule has 0 bridgehead atoms. The Hall–Kier alpha value is -0.850. The zero-order valence-electron chi connectivity index (χ0n) is 9.55. The van der Waals surface area contributed by atoms with Gasteiger partial charge in [-0.05, 0) is 36.9 Å². The smallest absolute Gasteiger partial charge is 0.276 e. The Morgan fingerprint density at radius 1 is 1.41 bits per heavy atom. The largest absolute Gasteiger partial charge is 0.452 e. The van der Waals surface area contributed by atoms with Gasteiger partial charge < -0.3 is 9.73 Å². The van der Waals surface area contributed by atoms with E-state index in [1.165, 1.54) is 12.3 Å². The van der Waals surface area contributed by atoms with E-state index in [9.17, 15) is 8.42 Å². The van der Waals surface area contributed by atoms with Gasteiger partial charge in [0.25, 0.3) is 10.0 Å². The SMILES string of the molecule is O=S(=O)(c1ccco1)N1CCC2(CCNC2)C1. The van der Waals surface area contributed by atoms with Crippen molar-refractivity contribution in [1.29, 1.82) is 0 Å². The molecule has 1 aromatic heterocycles. The number of hydrogen-bond acceptors (Lipinski definition) is 4. The maximum atomic E-state index is 12.2. The lowest BCUT2D eigenvalue weighted by Gasteiger charge is -2.21. The van der Waals surface area contributed by atoms with Crippen LogP contribution in [0, 0.1) is 5.41 Å². The van der Waals surface area contributed by atoms with Crippen molar-refractivity contribution in [2.75, 3.05) is 26.2 Å². The predicted molar refractivity (Wildman–Crippen MR) is 62.0 cm³/mol. The number of rotatable bonds is 2. The lowest BCUT2D eigenvalue weighted by molar-refractivity contribution is 0.333. The van der Waals surface area contributed by atoms with Gasteiger partial charge >= 0.3 is 0 Å². The van der Waals surface area contributed by atoms with Gasteiger partial charge in [0, 0.05) is 19.6 Å². The summed E-state index contributed by atoms with van der Waals surface area (Å²) >= 11 is 0. The van der Waals surface area contributed by atoms with Gasteiger partial charge in [-0.2, -0.15) is 4.31 Å². The molecule has 1 spiro atoms. The standard InChI is InChI=1S/C11H16N2O3S/c14-17(15,10-2-1-7-16-10)13-6-4-11(9-13)3-5-12-8-11/h1-2,7,12H,3-6,8-9H2. The van der Waals surface area contributed by atoms with Crippen LogP contribution in [0.1, 0.15) is 12.8 Å². The molecule has 2 aliphatic heterocycles. The molecule has 2 aliphatic rings. The molecule has 0 radical (unpaired) electrons. The van der Waals surface area contributed by atoms with E-state index in [4.69, 9.17) is 4.42 Å². The summed E-state index contributed by atoms with van der Waals surface area (Å²) in [5.74, 6) is 0. The van der Waals surface area contributed by atoms with Crippen molar-refractivity contribution < 1.29 is 12.8 Å². The second kappa shape index (κ2) is 3.83. The Balaban J connectivity index is 1.83. The number of nitrogens with zero attached hydrogens (tertiary/aromatic N) is 1. The van der Waals surface area contributed by atoms with Crippen LogP contribution >= 0.6 is 0 Å². The van der Waals surface area contributed by atoms with Crippen LogP contribution in [-0.4, -0.2) is 38.9 Å². The van der Waals surface area contributed by atoms with E-state index in [0.717, 1.165) is 25.9 Å². The second-order valence-electron chi connectivity index (χ2n) is 4.95. The molecule has 17 heavy (non-hydrogen) atoms. The minimum atomic E-state index is -3.42. The molecule has 2 saturated heterocycles. The zero-order chi connectivity index (χ0) is 11.9. The van der Waals surface area contributed by atoms with Gasteiger partial charge in [0.15, 0.2) is 0 Å². The first kappa shape index (κ1) is 11.3. The highest BCUT2D eigenvalue weighted by molar-refractivity contribution is 7.89. The highest BCUT2D eigenvalue weighted by Gasteiger charge is 2.45. The number of nitrogens with one attached hydrogen (secondary N) is 1. The lowest BCUT2D eigenvalue weighted by atomic mass is 9.87. The Kier molecular flexibility index (Phi) is 2.53. The third kappa shape index (κ3) is 1.80. The second-order valence-corrected chi connectivity index (χ2v) is 6.82. The molecule has 1 aromatic rings. The molecule has 1 atom stereocenters. The van der Waals surface area contributed by atoms with Crippen LogP contribution < -0.4 is 5.32 Å². The Morgan fingerprint density at radius 2 is 2.29 bits per heavy atom. The van der Waals surface area contributed by atoms with E-state index < -0.39 is 10.0 Å². The molecule has 3 heterocycles. The van der Waals surface area contributed by atoms with Crippen LogP contribution in [0.4, 0.5) is 0 Å². The highest BCUT2D eigenvalue weighted by atomic mass is 32.2. The van der Waals surface area contributed by atoms with E-state index in [2.05, 4.69) is 5.32 Å². The molecular formula is C11H16N2O3S. The topological polar surface area (TPSA) is 62.6 Å². The summed E-state index contributed by atoms with van der Waals surface area (Å²) in [7, 11) is -3.42. The molecule has 5 nitrogen and oxygen atoms in total. The van der Waals surface area contributed by atoms with Gasteiger partial charge in [-0.3, -0.25) is 0 Å². The third-order valence-corrected chi connectivity index (χ3v) is 5.56. The van der Waals surface area contributed by atoms with Crippen LogP contribution in [0.15, 0.2) is 27.9 Å². The fraction of sp³-hybridized carbons (Fsp3) is 0.636. The van der Waals surface area contributed by atoms with E-state index in [0.29, 0.717) is 13.1 Å². The van der Waals surface area contributed by atoms with Crippen molar-refractivity contribution >= 4 is 10.0 Å². The monoisotopic (exact) mass is 256 g/mol. The van der Waals surface area contributed by atoms with E-state index >= 15 is 0 Å². The minimum absolute atomic E-state index is 0.0560. The maximum absolute atomic E-state index is 12.2. The fourth-order valence-corrected chi connectivity index (χ4v) is 4.24. The van der Waals surface area contributed by atoms with Crippen molar-refractivity contribution in [1.82, 2.24) is 9.62 Å². The lowest BCUT2D eigenvalue weighted by Crippen LogP contribution is -2.33. The van der Waals surface area contributed by atoms with Crippen LogP contribution in [-0.2, 0) is 10.0 Å². The molecule has 94 valence electrons. The van der Waals surface area contributed by atoms with Gasteiger partial charge in [0.1, 0.15) is 0 Å². The summed E-state index contributed by atoms with van der Waals surface area (Å²) < 4.78 is 31.1. The van der Waals surface area contributed by atoms with E-state index in [1.54, 1.807) is 10.4 Å².